The fourth-order valence-corrected chi connectivity index (χ4v) is 4.88. The number of amides is 3. The van der Waals surface area contributed by atoms with Gasteiger partial charge in [0, 0.05) is 29.4 Å². The molecule has 38 heavy (non-hydrogen) atoms. The van der Waals surface area contributed by atoms with Gasteiger partial charge in [0.15, 0.2) is 0 Å². The molecule has 2 aromatic carbocycles. The molecule has 4 N–H and O–H groups in total. The van der Waals surface area contributed by atoms with Crippen LogP contribution in [0.4, 0.5) is 18.9 Å². The highest BCUT2D eigenvalue weighted by Crippen LogP contribution is 2.40. The zero-order chi connectivity index (χ0) is 27.6. The van der Waals surface area contributed by atoms with Crippen molar-refractivity contribution in [2.45, 2.75) is 44.4 Å². The maximum Gasteiger partial charge on any atom is 0.389 e. The predicted octanol–water partition coefficient (Wildman–Crippen LogP) is 5.09. The highest BCUT2D eigenvalue weighted by Gasteiger charge is 2.41. The third kappa shape index (κ3) is 6.66. The molecule has 0 aromatic heterocycles. The molecule has 0 saturated heterocycles. The number of hydrogen-bond acceptors (Lipinski definition) is 4. The number of nitrogens with two attached hydrogens (primary N) is 1. The van der Waals surface area contributed by atoms with Crippen LogP contribution in [0.5, 0.6) is 0 Å². The molecule has 3 atom stereocenters. The van der Waals surface area contributed by atoms with E-state index in [2.05, 4.69) is 15.6 Å². The average Bonchev–Trinajstić information content (AvgIpc) is 3.69. The van der Waals surface area contributed by atoms with Crippen LogP contribution in [0.1, 0.15) is 43.2 Å². The number of nitrogens with zero attached hydrogens (tertiary/aromatic N) is 1. The van der Waals surface area contributed by atoms with Gasteiger partial charge >= 0.3 is 6.18 Å². The first-order chi connectivity index (χ1) is 17.9. The van der Waals surface area contributed by atoms with Crippen molar-refractivity contribution in [1.82, 2.24) is 5.32 Å². The predicted molar refractivity (Wildman–Crippen MR) is 138 cm³/mol. The van der Waals surface area contributed by atoms with Gasteiger partial charge in [-0.05, 0) is 30.9 Å². The number of anilines is 1. The Labute approximate surface area is 227 Å². The van der Waals surface area contributed by atoms with Gasteiger partial charge in [-0.3, -0.25) is 14.4 Å². The molecule has 0 radical (unpaired) electrons. The number of benzene rings is 2. The lowest BCUT2D eigenvalue weighted by Crippen LogP contribution is -2.48. The number of hydrogen-bond donors (Lipinski definition) is 3. The van der Waals surface area contributed by atoms with E-state index in [-0.39, 0.29) is 28.1 Å². The van der Waals surface area contributed by atoms with Crippen molar-refractivity contribution in [3.05, 3.63) is 63.6 Å². The molecule has 1 aliphatic carbocycles. The minimum Gasteiger partial charge on any atom is -0.369 e. The Bertz CT molecular complexity index is 1270. The topological polar surface area (TPSA) is 114 Å². The van der Waals surface area contributed by atoms with E-state index in [4.69, 9.17) is 28.9 Å². The minimum atomic E-state index is -4.55. The quantitative estimate of drug-likeness (QED) is 0.391. The molecule has 7 nitrogen and oxygen atoms in total. The Morgan fingerprint density at radius 2 is 1.79 bits per heavy atom. The molecule has 0 unspecified atom stereocenters. The van der Waals surface area contributed by atoms with Gasteiger partial charge in [-0.15, -0.1) is 0 Å². The molecule has 2 aromatic rings. The molecule has 1 saturated carbocycles. The standard InChI is InChI=1S/C26H25Cl2F3N4O3/c27-18-9-8-16-20(14-4-2-1-3-5-14)33-23(25(38)34-21(16)19(18)28)35-24(37)15(10-11-26(29,30)31)17(22(32)36)12-13-6-7-13/h1-5,8-9,13,15,17,23H,6-7,10-12H2,(H2,32,36)(H,34,38)(H,35,37)/t15-,17+,23-/m1/s1. The van der Waals surface area contributed by atoms with Crippen molar-refractivity contribution in [3.63, 3.8) is 0 Å². The van der Waals surface area contributed by atoms with Gasteiger partial charge < -0.3 is 16.4 Å². The van der Waals surface area contributed by atoms with Crippen LogP contribution in [0.3, 0.4) is 0 Å². The van der Waals surface area contributed by atoms with Crippen molar-refractivity contribution in [2.24, 2.45) is 28.5 Å². The van der Waals surface area contributed by atoms with Gasteiger partial charge in [-0.25, -0.2) is 4.99 Å². The first kappa shape index (κ1) is 27.9. The first-order valence-corrected chi connectivity index (χ1v) is 12.8. The summed E-state index contributed by atoms with van der Waals surface area (Å²) in [6.45, 7) is 0. The van der Waals surface area contributed by atoms with Crippen molar-refractivity contribution in [3.8, 4) is 0 Å². The molecule has 3 amide bonds. The van der Waals surface area contributed by atoms with E-state index in [1.54, 1.807) is 36.4 Å². The summed E-state index contributed by atoms with van der Waals surface area (Å²) in [6, 6.07) is 11.9. The molecular weight excluding hydrogens is 544 g/mol. The van der Waals surface area contributed by atoms with Crippen LogP contribution in [0.25, 0.3) is 0 Å². The largest absolute Gasteiger partial charge is 0.389 e. The van der Waals surface area contributed by atoms with E-state index in [1.807, 2.05) is 0 Å². The normalized spacial score (nSPS) is 18.9. The van der Waals surface area contributed by atoms with E-state index in [9.17, 15) is 27.6 Å². The molecule has 1 aliphatic heterocycles. The third-order valence-electron chi connectivity index (χ3n) is 6.64. The Morgan fingerprint density at radius 1 is 1.11 bits per heavy atom. The van der Waals surface area contributed by atoms with Crippen LogP contribution >= 0.6 is 23.2 Å². The fourth-order valence-electron chi connectivity index (χ4n) is 4.51. The fraction of sp³-hybridized carbons (Fsp3) is 0.385. The number of carbonyl (C=O) groups is 3. The number of aliphatic imine (C=N–C) groups is 1. The second-order valence-electron chi connectivity index (χ2n) is 9.48. The lowest BCUT2D eigenvalue weighted by molar-refractivity contribution is -0.146. The molecule has 202 valence electrons. The number of nitrogens with one attached hydrogen (secondary N) is 2. The average molecular weight is 569 g/mol. The Morgan fingerprint density at radius 3 is 2.39 bits per heavy atom. The zero-order valence-corrected chi connectivity index (χ0v) is 21.5. The number of primary amides is 1. The van der Waals surface area contributed by atoms with E-state index in [0.29, 0.717) is 16.8 Å². The van der Waals surface area contributed by atoms with Crippen LogP contribution in [0.2, 0.25) is 10.0 Å². The van der Waals surface area contributed by atoms with Crippen LogP contribution in [0.15, 0.2) is 47.5 Å². The summed E-state index contributed by atoms with van der Waals surface area (Å²) >= 11 is 12.5. The highest BCUT2D eigenvalue weighted by molar-refractivity contribution is 6.45. The van der Waals surface area contributed by atoms with Crippen molar-refractivity contribution in [1.29, 1.82) is 0 Å². The smallest absolute Gasteiger partial charge is 0.369 e. The SMILES string of the molecule is NC(=O)[C@@H](CC1CC1)[C@@H](CCC(F)(F)F)C(=O)N[C@H]1N=C(c2ccccc2)c2ccc(Cl)c(Cl)c2NC1=O. The van der Waals surface area contributed by atoms with E-state index in [0.717, 1.165) is 12.8 Å². The summed E-state index contributed by atoms with van der Waals surface area (Å²) in [5.41, 5.74) is 7.05. The van der Waals surface area contributed by atoms with Gasteiger partial charge in [-0.2, -0.15) is 13.2 Å². The number of rotatable bonds is 9. The Hall–Kier alpha value is -3.11. The minimum absolute atomic E-state index is 0.0643. The van der Waals surface area contributed by atoms with E-state index < -0.39 is 54.7 Å². The summed E-state index contributed by atoms with van der Waals surface area (Å²) in [4.78, 5) is 43.3. The molecular formula is C26H25Cl2F3N4O3. The number of alkyl halides is 3. The van der Waals surface area contributed by atoms with Gasteiger partial charge in [-0.1, -0.05) is 66.4 Å². The maximum absolute atomic E-state index is 13.4. The lowest BCUT2D eigenvalue weighted by atomic mass is 9.83. The molecule has 2 aliphatic rings. The van der Waals surface area contributed by atoms with Crippen LogP contribution in [-0.2, 0) is 14.4 Å². The Kier molecular flexibility index (Phi) is 8.32. The van der Waals surface area contributed by atoms with E-state index in [1.165, 1.54) is 6.07 Å². The second-order valence-corrected chi connectivity index (χ2v) is 10.3. The Balaban J connectivity index is 1.69. The molecule has 0 bridgehead atoms. The summed E-state index contributed by atoms with van der Waals surface area (Å²) in [7, 11) is 0. The second kappa shape index (κ2) is 11.3. The maximum atomic E-state index is 13.4. The first-order valence-electron chi connectivity index (χ1n) is 12.0. The van der Waals surface area contributed by atoms with Gasteiger partial charge in [0.25, 0.3) is 5.91 Å². The molecule has 4 rings (SSSR count). The summed E-state index contributed by atoms with van der Waals surface area (Å²) in [6.07, 6.45) is -6.17. The van der Waals surface area contributed by atoms with Crippen LogP contribution in [-0.4, -0.2) is 35.8 Å². The lowest BCUT2D eigenvalue weighted by Gasteiger charge is -2.26. The molecule has 1 heterocycles. The number of benzodiazepines with no additional fused rings is 1. The molecule has 1 fully saturated rings. The van der Waals surface area contributed by atoms with Gasteiger partial charge in [0.05, 0.1) is 21.4 Å². The van der Waals surface area contributed by atoms with Gasteiger partial charge in [0.1, 0.15) is 0 Å². The monoisotopic (exact) mass is 568 g/mol. The van der Waals surface area contributed by atoms with Crippen molar-refractivity contribution in [2.75, 3.05) is 5.32 Å². The number of halogens is 5. The zero-order valence-electron chi connectivity index (χ0n) is 20.0. The number of fused-ring (bicyclic) bond motifs is 1. The highest BCUT2D eigenvalue weighted by atomic mass is 35.5. The molecule has 12 heteroatoms. The third-order valence-corrected chi connectivity index (χ3v) is 7.45. The summed E-state index contributed by atoms with van der Waals surface area (Å²) < 4.78 is 39.3. The van der Waals surface area contributed by atoms with E-state index >= 15 is 0 Å². The van der Waals surface area contributed by atoms with Crippen LogP contribution < -0.4 is 16.4 Å². The van der Waals surface area contributed by atoms with Crippen molar-refractivity contribution < 1.29 is 27.6 Å². The summed E-state index contributed by atoms with van der Waals surface area (Å²) in [5, 5.41) is 5.32. The van der Waals surface area contributed by atoms with Crippen LogP contribution in [0, 0.1) is 17.8 Å². The number of carbonyl (C=O) groups excluding carboxylic acids is 3. The van der Waals surface area contributed by atoms with Crippen molar-refractivity contribution >= 4 is 52.3 Å². The van der Waals surface area contributed by atoms with Gasteiger partial charge in [0.2, 0.25) is 18.0 Å². The summed E-state index contributed by atoms with van der Waals surface area (Å²) in [5.74, 6) is -4.92. The molecule has 0 spiro atoms.